The van der Waals surface area contributed by atoms with E-state index in [-0.39, 0.29) is 46.7 Å². The lowest BCUT2D eigenvalue weighted by molar-refractivity contribution is 0.0389. The van der Waals surface area contributed by atoms with Crippen LogP contribution < -0.4 is 9.46 Å². The topological polar surface area (TPSA) is 169 Å². The van der Waals surface area contributed by atoms with Crippen LogP contribution in [0.4, 0.5) is 5.69 Å². The number of hydrogen-bond acceptors (Lipinski definition) is 9. The summed E-state index contributed by atoms with van der Waals surface area (Å²) in [6.07, 6.45) is 4.62. The van der Waals surface area contributed by atoms with Crippen molar-refractivity contribution in [2.75, 3.05) is 31.5 Å². The number of imidazole rings is 2. The summed E-state index contributed by atoms with van der Waals surface area (Å²) in [7, 11) is -3.45. The summed E-state index contributed by atoms with van der Waals surface area (Å²) >= 11 is 0. The van der Waals surface area contributed by atoms with Gasteiger partial charge >= 0.3 is 0 Å². The van der Waals surface area contributed by atoms with Crippen molar-refractivity contribution in [1.29, 1.82) is 0 Å². The molecule has 3 atom stereocenters. The molecular weight excluding hydrogens is 562 g/mol. The number of amides is 1. The van der Waals surface area contributed by atoms with Crippen LogP contribution in [0, 0.1) is 5.92 Å². The Balaban J connectivity index is 1.76. The zero-order valence-corrected chi connectivity index (χ0v) is 24.4. The predicted molar refractivity (Wildman–Crippen MR) is 145 cm³/mol. The summed E-state index contributed by atoms with van der Waals surface area (Å²) < 4.78 is 65.5. The number of anilines is 1. The van der Waals surface area contributed by atoms with Crippen LogP contribution in [-0.4, -0.2) is 95.0 Å². The molecule has 14 nitrogen and oxygen atoms in total. The molecule has 0 bridgehead atoms. The average molecular weight is 596 g/mol. The zero-order chi connectivity index (χ0) is 29.4. The maximum Gasteiger partial charge on any atom is 0.281 e. The molecule has 1 aromatic carbocycles. The van der Waals surface area contributed by atoms with E-state index in [0.717, 1.165) is 4.31 Å². The van der Waals surface area contributed by atoms with Crippen molar-refractivity contribution < 1.29 is 31.5 Å². The summed E-state index contributed by atoms with van der Waals surface area (Å²) in [5, 5.41) is 9.50. The van der Waals surface area contributed by atoms with Crippen molar-refractivity contribution in [2.45, 2.75) is 36.0 Å². The number of nitrogens with one attached hydrogen (secondary N) is 1. The lowest BCUT2D eigenvalue weighted by Crippen LogP contribution is -2.50. The Labute approximate surface area is 233 Å². The third-order valence-corrected chi connectivity index (χ3v) is 9.64. The molecule has 218 valence electrons. The number of aromatic nitrogens is 4. The number of carbonyl (C=O) groups excluding carboxylic acids is 1. The highest BCUT2D eigenvalue weighted by atomic mass is 32.2. The fourth-order valence-corrected chi connectivity index (χ4v) is 6.49. The molecule has 2 N–H and O–H groups in total. The highest BCUT2D eigenvalue weighted by Gasteiger charge is 2.37. The molecule has 0 saturated carbocycles. The summed E-state index contributed by atoms with van der Waals surface area (Å²) in [6, 6.07) is 3.89. The molecule has 0 spiro atoms. The van der Waals surface area contributed by atoms with Crippen LogP contribution in [0.25, 0.3) is 0 Å². The van der Waals surface area contributed by atoms with Crippen LogP contribution in [0.3, 0.4) is 0 Å². The number of nitrogens with zero attached hydrogens (tertiary/aromatic N) is 6. The highest BCUT2D eigenvalue weighted by Crippen LogP contribution is 2.36. The number of likely N-dealkylation sites (N-methyl/N-ethyl adjacent to an activating group) is 1. The van der Waals surface area contributed by atoms with E-state index in [2.05, 4.69) is 14.7 Å². The largest absolute Gasteiger partial charge is 0.486 e. The van der Waals surface area contributed by atoms with Crippen molar-refractivity contribution in [3.8, 4) is 5.75 Å². The highest BCUT2D eigenvalue weighted by molar-refractivity contribution is 7.92. The second-order valence-corrected chi connectivity index (χ2v) is 13.6. The van der Waals surface area contributed by atoms with Gasteiger partial charge in [0.05, 0.1) is 43.1 Å². The molecule has 16 heteroatoms. The minimum absolute atomic E-state index is 0.0116. The lowest BCUT2D eigenvalue weighted by atomic mass is 9.99. The molecule has 2 aromatic heterocycles. The number of ether oxygens (including phenoxy) is 1. The van der Waals surface area contributed by atoms with Crippen LogP contribution in [0.2, 0.25) is 0 Å². The van der Waals surface area contributed by atoms with Gasteiger partial charge in [-0.1, -0.05) is 13.0 Å². The molecule has 40 heavy (non-hydrogen) atoms. The first-order valence-corrected chi connectivity index (χ1v) is 15.3. The van der Waals surface area contributed by atoms with Gasteiger partial charge in [-0.25, -0.2) is 18.4 Å². The van der Waals surface area contributed by atoms with Gasteiger partial charge in [0.2, 0.25) is 0 Å². The standard InChI is InChI=1S/C24H33N7O7S2/c1-16-9-31(17(2)13-32)24(33)18-7-6-8-19(27-39(34,35)21-11-28(3)14-25-21)23(18)38-20(16)10-30(5)40(36,37)22-12-29(4)15-26-22/h6-8,11-12,14-17,20,27,32H,9-10,13H2,1-5H3/t16-,17+,20-/m0/s1. The molecule has 1 aliphatic rings. The first-order chi connectivity index (χ1) is 18.7. The van der Waals surface area contributed by atoms with Gasteiger partial charge in [0, 0.05) is 46.0 Å². The lowest BCUT2D eigenvalue weighted by Gasteiger charge is -2.38. The molecule has 3 aromatic rings. The minimum atomic E-state index is -4.15. The van der Waals surface area contributed by atoms with E-state index in [0.29, 0.717) is 0 Å². The number of rotatable bonds is 9. The van der Waals surface area contributed by atoms with Gasteiger partial charge in [-0.3, -0.25) is 9.52 Å². The number of aliphatic hydroxyl groups is 1. The summed E-state index contributed by atoms with van der Waals surface area (Å²) in [5.41, 5.74) is 0.0519. The third kappa shape index (κ3) is 5.84. The molecule has 0 aliphatic carbocycles. The average Bonchev–Trinajstić information content (AvgIpc) is 3.54. The molecule has 1 aliphatic heterocycles. The monoisotopic (exact) mass is 595 g/mol. The number of carbonyl (C=O) groups is 1. The van der Waals surface area contributed by atoms with E-state index in [1.807, 2.05) is 0 Å². The van der Waals surface area contributed by atoms with Crippen LogP contribution in [0.1, 0.15) is 24.2 Å². The van der Waals surface area contributed by atoms with Gasteiger partial charge < -0.3 is 23.9 Å². The van der Waals surface area contributed by atoms with Crippen molar-refractivity contribution in [3.05, 3.63) is 48.8 Å². The zero-order valence-electron chi connectivity index (χ0n) is 22.8. The van der Waals surface area contributed by atoms with Gasteiger partial charge in [-0.05, 0) is 19.1 Å². The molecule has 0 unspecified atom stereocenters. The van der Waals surface area contributed by atoms with E-state index in [4.69, 9.17) is 4.74 Å². The van der Waals surface area contributed by atoms with Gasteiger partial charge in [-0.2, -0.15) is 12.7 Å². The Hall–Kier alpha value is -3.47. The van der Waals surface area contributed by atoms with E-state index >= 15 is 0 Å². The Morgan fingerprint density at radius 3 is 2.33 bits per heavy atom. The maximum atomic E-state index is 13.6. The van der Waals surface area contributed by atoms with E-state index in [1.165, 1.54) is 64.3 Å². The Morgan fingerprint density at radius 2 is 1.75 bits per heavy atom. The van der Waals surface area contributed by atoms with Crippen LogP contribution in [0.15, 0.2) is 53.3 Å². The summed E-state index contributed by atoms with van der Waals surface area (Å²) in [4.78, 5) is 23.0. The number of benzene rings is 1. The number of aryl methyl sites for hydroxylation is 2. The van der Waals surface area contributed by atoms with Gasteiger partial charge in [0.15, 0.2) is 15.8 Å². The molecular formula is C24H33N7O7S2. The molecule has 4 rings (SSSR count). The van der Waals surface area contributed by atoms with E-state index in [1.54, 1.807) is 27.9 Å². The SMILES string of the molecule is C[C@H](CO)N1C[C@H](C)[C@H](CN(C)S(=O)(=O)c2cn(C)cn2)Oc2c(NS(=O)(=O)c3cn(C)cn3)cccc2C1=O. The van der Waals surface area contributed by atoms with Crippen molar-refractivity contribution in [2.24, 2.45) is 20.0 Å². The third-order valence-electron chi connectivity index (χ3n) is 6.68. The fourth-order valence-electron chi connectivity index (χ4n) is 4.30. The Kier molecular flexibility index (Phi) is 8.26. The van der Waals surface area contributed by atoms with Crippen LogP contribution >= 0.6 is 0 Å². The quantitative estimate of drug-likeness (QED) is 0.358. The number of aliphatic hydroxyl groups excluding tert-OH is 1. The van der Waals surface area contributed by atoms with Crippen LogP contribution in [-0.2, 0) is 34.1 Å². The smallest absolute Gasteiger partial charge is 0.281 e. The minimum Gasteiger partial charge on any atom is -0.486 e. The number of para-hydroxylation sites is 1. The first-order valence-electron chi connectivity index (χ1n) is 12.4. The van der Waals surface area contributed by atoms with Crippen molar-refractivity contribution in [1.82, 2.24) is 28.3 Å². The molecule has 0 radical (unpaired) electrons. The van der Waals surface area contributed by atoms with Crippen LogP contribution in [0.5, 0.6) is 5.75 Å². The van der Waals surface area contributed by atoms with Gasteiger partial charge in [0.25, 0.3) is 26.0 Å². The van der Waals surface area contributed by atoms with Crippen molar-refractivity contribution >= 4 is 31.6 Å². The predicted octanol–water partition coefficient (Wildman–Crippen LogP) is 0.495. The number of hydrogen-bond donors (Lipinski definition) is 2. The second kappa shape index (κ2) is 11.2. The molecule has 0 saturated heterocycles. The van der Waals surface area contributed by atoms with E-state index in [9.17, 15) is 26.7 Å². The Bertz CT molecular complexity index is 1600. The van der Waals surface area contributed by atoms with E-state index < -0.39 is 44.0 Å². The maximum absolute atomic E-state index is 13.6. The molecule has 1 amide bonds. The van der Waals surface area contributed by atoms with Gasteiger partial charge in [0.1, 0.15) is 6.10 Å². The second-order valence-electron chi connectivity index (χ2n) is 9.95. The van der Waals surface area contributed by atoms with Gasteiger partial charge in [-0.15, -0.1) is 0 Å². The normalized spacial score (nSPS) is 19.1. The Morgan fingerprint density at radius 1 is 1.12 bits per heavy atom. The first kappa shape index (κ1) is 29.5. The number of fused-ring (bicyclic) bond motifs is 1. The fraction of sp³-hybridized carbons (Fsp3) is 0.458. The number of sulfonamides is 2. The van der Waals surface area contributed by atoms with Crippen molar-refractivity contribution in [3.63, 3.8) is 0 Å². The molecule has 3 heterocycles. The molecule has 0 fully saturated rings. The summed E-state index contributed by atoms with van der Waals surface area (Å²) in [5.74, 6) is -0.939. The summed E-state index contributed by atoms with van der Waals surface area (Å²) in [6.45, 7) is 3.21.